The van der Waals surface area contributed by atoms with Crippen molar-refractivity contribution in [2.75, 3.05) is 54.4 Å². The quantitative estimate of drug-likeness (QED) is 0.321. The number of nitro benzene ring substituents is 1. The number of nitrogens with one attached hydrogen (secondary N) is 1. The molecule has 2 fully saturated rings. The van der Waals surface area contributed by atoms with Crippen LogP contribution >= 0.6 is 0 Å². The molecule has 3 aromatic rings. The Hall–Kier alpha value is -4.21. The van der Waals surface area contributed by atoms with E-state index in [0.29, 0.717) is 43.7 Å². The van der Waals surface area contributed by atoms with Gasteiger partial charge in [0.05, 0.1) is 10.4 Å². The van der Waals surface area contributed by atoms with E-state index in [1.807, 2.05) is 18.2 Å². The number of carbonyl (C=O) groups is 2. The van der Waals surface area contributed by atoms with Crippen molar-refractivity contribution in [2.24, 2.45) is 11.8 Å². The summed E-state index contributed by atoms with van der Waals surface area (Å²) < 4.78 is 0. The van der Waals surface area contributed by atoms with Crippen molar-refractivity contribution in [1.82, 2.24) is 9.88 Å². The molecule has 0 saturated carbocycles. The summed E-state index contributed by atoms with van der Waals surface area (Å²) in [5.74, 6) is 2.06. The van der Waals surface area contributed by atoms with E-state index < -0.39 is 4.92 Å². The number of aromatic nitrogens is 1. The molecule has 0 bridgehead atoms. The van der Waals surface area contributed by atoms with Crippen LogP contribution in [0.2, 0.25) is 0 Å². The third-order valence-electron chi connectivity index (χ3n) is 8.10. The lowest BCUT2D eigenvalue weighted by molar-refractivity contribution is -0.384. The highest BCUT2D eigenvalue weighted by Crippen LogP contribution is 2.29. The standard InChI is InChI=1S/C31H38N6O4/c1-21-16-22(2)20-36(19-21)29-17-23(3)27-18-24(4-9-28(27)33-29)32-30(38)10-11-31(39)35-14-12-34(13-15-35)25-5-7-26(8-6-25)37(40)41/h4-9,17-18,21-22H,10-16,19-20H2,1-3H3,(H,32,38)/t21-,22-/m0/s1. The minimum atomic E-state index is -0.416. The fourth-order valence-electron chi connectivity index (χ4n) is 6.07. The van der Waals surface area contributed by atoms with E-state index >= 15 is 0 Å². The van der Waals surface area contributed by atoms with Crippen LogP contribution in [-0.4, -0.2) is 65.9 Å². The van der Waals surface area contributed by atoms with Gasteiger partial charge in [0, 0.05) is 81.0 Å². The van der Waals surface area contributed by atoms with Gasteiger partial charge >= 0.3 is 0 Å². The number of rotatable bonds is 7. The third-order valence-corrected chi connectivity index (χ3v) is 8.10. The normalized spacial score (nSPS) is 19.3. The Morgan fingerprint density at radius 2 is 1.63 bits per heavy atom. The molecule has 2 amide bonds. The van der Waals surface area contributed by atoms with Gasteiger partial charge in [-0.2, -0.15) is 0 Å². The SMILES string of the molecule is Cc1cc(N2C[C@@H](C)C[C@H](C)C2)nc2ccc(NC(=O)CCC(=O)N3CCN(c4ccc([N+](=O)[O-])cc4)CC3)cc12. The van der Waals surface area contributed by atoms with Gasteiger partial charge in [-0.05, 0) is 67.1 Å². The molecule has 1 aromatic heterocycles. The second-order valence-electron chi connectivity index (χ2n) is 11.6. The Kier molecular flexibility index (Phi) is 8.37. The molecule has 0 spiro atoms. The van der Waals surface area contributed by atoms with Crippen molar-refractivity contribution in [3.8, 4) is 0 Å². The lowest BCUT2D eigenvalue weighted by Crippen LogP contribution is -2.48. The van der Waals surface area contributed by atoms with Gasteiger partial charge in [0.15, 0.2) is 0 Å². The van der Waals surface area contributed by atoms with Crippen LogP contribution in [0.5, 0.6) is 0 Å². The minimum absolute atomic E-state index is 0.0454. The van der Waals surface area contributed by atoms with Crippen molar-refractivity contribution in [1.29, 1.82) is 0 Å². The highest BCUT2D eigenvalue weighted by atomic mass is 16.6. The molecule has 10 heteroatoms. The van der Waals surface area contributed by atoms with Gasteiger partial charge < -0.3 is 20.0 Å². The van der Waals surface area contributed by atoms with Crippen LogP contribution in [0.25, 0.3) is 10.9 Å². The molecule has 41 heavy (non-hydrogen) atoms. The molecular formula is C31H38N6O4. The summed E-state index contributed by atoms with van der Waals surface area (Å²) >= 11 is 0. The van der Waals surface area contributed by atoms with E-state index in [-0.39, 0.29) is 30.3 Å². The Bertz CT molecular complexity index is 1420. The summed E-state index contributed by atoms with van der Waals surface area (Å²) in [6.07, 6.45) is 1.51. The van der Waals surface area contributed by atoms with Crippen molar-refractivity contribution in [3.63, 3.8) is 0 Å². The van der Waals surface area contributed by atoms with Crippen molar-refractivity contribution < 1.29 is 14.5 Å². The topological polar surface area (TPSA) is 112 Å². The fraction of sp³-hybridized carbons (Fsp3) is 0.452. The Morgan fingerprint density at radius 3 is 2.29 bits per heavy atom. The third kappa shape index (κ3) is 6.75. The number of hydrogen-bond acceptors (Lipinski definition) is 7. The van der Waals surface area contributed by atoms with Crippen LogP contribution in [0.15, 0.2) is 48.5 Å². The Morgan fingerprint density at radius 1 is 0.951 bits per heavy atom. The van der Waals surface area contributed by atoms with Gasteiger partial charge in [-0.25, -0.2) is 4.98 Å². The first-order valence-electron chi connectivity index (χ1n) is 14.4. The van der Waals surface area contributed by atoms with Crippen LogP contribution in [-0.2, 0) is 9.59 Å². The first-order valence-corrected chi connectivity index (χ1v) is 14.4. The first-order chi connectivity index (χ1) is 19.7. The average Bonchev–Trinajstić information content (AvgIpc) is 2.96. The molecule has 10 nitrogen and oxygen atoms in total. The zero-order valence-electron chi connectivity index (χ0n) is 24.0. The molecule has 2 atom stereocenters. The van der Waals surface area contributed by atoms with Crippen molar-refractivity contribution in [2.45, 2.75) is 40.0 Å². The van der Waals surface area contributed by atoms with Crippen LogP contribution in [0.4, 0.5) is 22.9 Å². The van der Waals surface area contributed by atoms with E-state index in [1.54, 1.807) is 17.0 Å². The molecule has 2 saturated heterocycles. The van der Waals surface area contributed by atoms with Crippen LogP contribution in [0.3, 0.4) is 0 Å². The zero-order valence-corrected chi connectivity index (χ0v) is 24.0. The minimum Gasteiger partial charge on any atom is -0.368 e. The highest BCUT2D eigenvalue weighted by molar-refractivity contribution is 5.96. The van der Waals surface area contributed by atoms with Crippen LogP contribution < -0.4 is 15.1 Å². The summed E-state index contributed by atoms with van der Waals surface area (Å²) in [6, 6.07) is 14.4. The van der Waals surface area contributed by atoms with Gasteiger partial charge in [0.1, 0.15) is 5.82 Å². The van der Waals surface area contributed by atoms with E-state index in [1.165, 1.54) is 18.6 Å². The molecule has 2 aliphatic rings. The zero-order chi connectivity index (χ0) is 29.1. The van der Waals surface area contributed by atoms with Gasteiger partial charge in [0.25, 0.3) is 5.69 Å². The molecule has 2 aromatic carbocycles. The number of nitrogens with zero attached hydrogens (tertiary/aromatic N) is 5. The van der Waals surface area contributed by atoms with Crippen molar-refractivity contribution >= 4 is 45.6 Å². The van der Waals surface area contributed by atoms with Crippen molar-refractivity contribution in [3.05, 3.63) is 64.2 Å². The molecular weight excluding hydrogens is 520 g/mol. The number of piperidine rings is 1. The number of fused-ring (bicyclic) bond motifs is 1. The molecule has 216 valence electrons. The number of nitro groups is 1. The number of benzene rings is 2. The number of amides is 2. The molecule has 3 heterocycles. The van der Waals surface area contributed by atoms with Gasteiger partial charge in [-0.3, -0.25) is 19.7 Å². The number of piperazine rings is 1. The summed E-state index contributed by atoms with van der Waals surface area (Å²) in [5, 5.41) is 14.8. The highest BCUT2D eigenvalue weighted by Gasteiger charge is 2.24. The second-order valence-corrected chi connectivity index (χ2v) is 11.6. The largest absolute Gasteiger partial charge is 0.368 e. The summed E-state index contributed by atoms with van der Waals surface area (Å²) in [4.78, 5) is 47.1. The molecule has 2 aliphatic heterocycles. The predicted octanol–water partition coefficient (Wildman–Crippen LogP) is 5.00. The molecule has 5 rings (SSSR count). The van der Waals surface area contributed by atoms with Crippen LogP contribution in [0, 0.1) is 28.9 Å². The monoisotopic (exact) mass is 558 g/mol. The number of carbonyl (C=O) groups excluding carboxylic acids is 2. The van der Waals surface area contributed by atoms with Crippen LogP contribution in [0.1, 0.15) is 38.7 Å². The molecule has 1 N–H and O–H groups in total. The van der Waals surface area contributed by atoms with E-state index in [4.69, 9.17) is 4.98 Å². The van der Waals surface area contributed by atoms with Gasteiger partial charge in [-0.15, -0.1) is 0 Å². The maximum Gasteiger partial charge on any atom is 0.269 e. The molecule has 0 aliphatic carbocycles. The number of anilines is 3. The first kappa shape index (κ1) is 28.3. The number of aryl methyl sites for hydroxylation is 1. The van der Waals surface area contributed by atoms with Gasteiger partial charge in [0.2, 0.25) is 11.8 Å². The molecule has 0 radical (unpaired) electrons. The maximum atomic E-state index is 12.8. The van der Waals surface area contributed by atoms with E-state index in [2.05, 4.69) is 42.0 Å². The lowest BCUT2D eigenvalue weighted by atomic mass is 9.92. The van der Waals surface area contributed by atoms with E-state index in [9.17, 15) is 19.7 Å². The number of pyridine rings is 1. The predicted molar refractivity (Wildman–Crippen MR) is 161 cm³/mol. The summed E-state index contributed by atoms with van der Waals surface area (Å²) in [7, 11) is 0. The molecule has 0 unspecified atom stereocenters. The lowest BCUT2D eigenvalue weighted by Gasteiger charge is -2.36. The second kappa shape index (κ2) is 12.1. The smallest absolute Gasteiger partial charge is 0.269 e. The number of non-ortho nitro benzene ring substituents is 1. The van der Waals surface area contributed by atoms with E-state index in [0.717, 1.165) is 41.1 Å². The summed E-state index contributed by atoms with van der Waals surface area (Å²) in [6.45, 7) is 11.1. The number of hydrogen-bond donors (Lipinski definition) is 1. The Labute approximate surface area is 240 Å². The maximum absolute atomic E-state index is 12.8. The average molecular weight is 559 g/mol. The fourth-order valence-corrected chi connectivity index (χ4v) is 6.07. The Balaban J connectivity index is 1.12. The summed E-state index contributed by atoms with van der Waals surface area (Å²) in [5.41, 5.74) is 3.68. The van der Waals surface area contributed by atoms with Gasteiger partial charge in [-0.1, -0.05) is 13.8 Å².